The van der Waals surface area contributed by atoms with Gasteiger partial charge in [0.05, 0.1) is 11.1 Å². The number of rotatable bonds is 7. The van der Waals surface area contributed by atoms with Gasteiger partial charge < -0.3 is 4.90 Å². The maximum Gasteiger partial charge on any atom is 0.0714 e. The molecule has 0 unspecified atom stereocenters. The van der Waals surface area contributed by atoms with Crippen LogP contribution >= 0.6 is 0 Å². The van der Waals surface area contributed by atoms with Crippen LogP contribution in [0.5, 0.6) is 0 Å². The lowest BCUT2D eigenvalue weighted by molar-refractivity contribution is 0.660. The number of hydrogen-bond acceptors (Lipinski definition) is 1. The highest BCUT2D eigenvalue weighted by molar-refractivity contribution is 5.99. The fourth-order valence-electron chi connectivity index (χ4n) is 11.0. The topological polar surface area (TPSA) is 3.24 Å². The number of fused-ring (bicyclic) bond motifs is 7. The van der Waals surface area contributed by atoms with Crippen LogP contribution < -0.4 is 4.90 Å². The van der Waals surface area contributed by atoms with E-state index in [0.29, 0.717) is 0 Å². The molecule has 0 aromatic heterocycles. The third kappa shape index (κ3) is 5.63. The lowest BCUT2D eigenvalue weighted by atomic mass is 9.67. The van der Waals surface area contributed by atoms with Gasteiger partial charge in [0, 0.05) is 22.4 Å². The van der Waals surface area contributed by atoms with Gasteiger partial charge >= 0.3 is 0 Å². The molecule has 0 N–H and O–H groups in total. The molecule has 10 aromatic carbocycles. The highest BCUT2D eigenvalue weighted by Crippen LogP contribution is 2.59. The van der Waals surface area contributed by atoms with Gasteiger partial charge in [-0.05, 0) is 119 Å². The summed E-state index contributed by atoms with van der Waals surface area (Å²) >= 11 is 0. The maximum absolute atomic E-state index is 2.53. The molecule has 12 rings (SSSR count). The molecule has 0 bridgehead atoms. The third-order valence-electron chi connectivity index (χ3n) is 14.0. The normalized spacial score (nSPS) is 13.8. The second-order valence-corrected chi connectivity index (χ2v) is 17.6. The van der Waals surface area contributed by atoms with E-state index in [2.05, 4.69) is 255 Å². The van der Waals surface area contributed by atoms with E-state index in [1.54, 1.807) is 0 Å². The minimum atomic E-state index is -0.552. The molecule has 2 aliphatic rings. The van der Waals surface area contributed by atoms with Crippen LogP contribution in [0.3, 0.4) is 0 Å². The average Bonchev–Trinajstić information content (AvgIpc) is 3.77. The Labute approximate surface area is 370 Å². The zero-order valence-corrected chi connectivity index (χ0v) is 35.5. The van der Waals surface area contributed by atoms with E-state index >= 15 is 0 Å². The van der Waals surface area contributed by atoms with Crippen molar-refractivity contribution in [3.8, 4) is 44.5 Å². The lowest BCUT2D eigenvalue weighted by Crippen LogP contribution is -2.28. The van der Waals surface area contributed by atoms with Gasteiger partial charge in [0.25, 0.3) is 0 Å². The van der Waals surface area contributed by atoms with Crippen molar-refractivity contribution in [3.63, 3.8) is 0 Å². The first-order valence-corrected chi connectivity index (χ1v) is 22.1. The summed E-state index contributed by atoms with van der Waals surface area (Å²) in [5.74, 6) is 0. The van der Waals surface area contributed by atoms with E-state index in [1.165, 1.54) is 88.7 Å². The fraction of sp³-hybridized carbons (Fsp3) is 0.0645. The standard InChI is InChI=1S/C62H45N/c1-61(2)56-31-16-14-28-51(56)53-38-37-48(39-58(53)61)63(47-35-33-44(34-36-47)50-30-18-22-42-21-12-13-27-49(42)50)60-41-59-55(40-54(60)43-19-6-3-7-20-43)52-29-15-17-32-57(52)62(59,45-23-8-4-9-24-45)46-25-10-5-11-26-46/h3-41H,1-2H3. The van der Waals surface area contributed by atoms with Crippen LogP contribution in [0.25, 0.3) is 55.3 Å². The van der Waals surface area contributed by atoms with Gasteiger partial charge in [-0.1, -0.05) is 214 Å². The molecule has 0 heterocycles. The summed E-state index contributed by atoms with van der Waals surface area (Å²) in [5, 5.41) is 2.50. The summed E-state index contributed by atoms with van der Waals surface area (Å²) in [6.45, 7) is 4.75. The van der Waals surface area contributed by atoms with E-state index in [4.69, 9.17) is 0 Å². The minimum Gasteiger partial charge on any atom is -0.310 e. The second-order valence-electron chi connectivity index (χ2n) is 17.6. The number of nitrogens with zero attached hydrogens (tertiary/aromatic N) is 1. The van der Waals surface area contributed by atoms with Gasteiger partial charge in [0.2, 0.25) is 0 Å². The molecule has 0 radical (unpaired) electrons. The first-order chi connectivity index (χ1) is 31.0. The van der Waals surface area contributed by atoms with Crippen molar-refractivity contribution in [1.82, 2.24) is 0 Å². The molecule has 0 fully saturated rings. The molecule has 2 aliphatic carbocycles. The highest BCUT2D eigenvalue weighted by atomic mass is 15.1. The Kier molecular flexibility index (Phi) is 8.49. The van der Waals surface area contributed by atoms with Crippen molar-refractivity contribution in [2.24, 2.45) is 0 Å². The van der Waals surface area contributed by atoms with Crippen molar-refractivity contribution in [1.29, 1.82) is 0 Å². The van der Waals surface area contributed by atoms with Gasteiger partial charge in [-0.2, -0.15) is 0 Å². The summed E-state index contributed by atoms with van der Waals surface area (Å²) < 4.78 is 0. The van der Waals surface area contributed by atoms with Gasteiger partial charge in [-0.3, -0.25) is 0 Å². The van der Waals surface area contributed by atoms with Crippen molar-refractivity contribution >= 4 is 27.8 Å². The summed E-state index contributed by atoms with van der Waals surface area (Å²) in [4.78, 5) is 2.53. The molecule has 0 atom stereocenters. The van der Waals surface area contributed by atoms with Gasteiger partial charge in [0.15, 0.2) is 0 Å². The lowest BCUT2D eigenvalue weighted by Gasteiger charge is -2.35. The van der Waals surface area contributed by atoms with E-state index in [9.17, 15) is 0 Å². The van der Waals surface area contributed by atoms with Crippen LogP contribution in [-0.4, -0.2) is 0 Å². The molecule has 10 aromatic rings. The van der Waals surface area contributed by atoms with Crippen LogP contribution in [-0.2, 0) is 10.8 Å². The second kappa shape index (κ2) is 14.4. The minimum absolute atomic E-state index is 0.163. The molecule has 0 saturated carbocycles. The predicted octanol–water partition coefficient (Wildman–Crippen LogP) is 16.3. The number of benzene rings is 10. The summed E-state index contributed by atoms with van der Waals surface area (Å²) in [5.41, 5.74) is 20.4. The van der Waals surface area contributed by atoms with Crippen molar-refractivity contribution < 1.29 is 0 Å². The molecule has 1 heteroatoms. The van der Waals surface area contributed by atoms with E-state index in [0.717, 1.165) is 17.1 Å². The molecule has 1 nitrogen and oxygen atoms in total. The SMILES string of the molecule is CC1(C)c2ccccc2-c2ccc(N(c3ccc(-c4cccc5ccccc45)cc3)c3cc4c(cc3-c3ccccc3)-c3ccccc3C4(c3ccccc3)c3ccccc3)cc21. The Hall–Kier alpha value is -7.74. The quantitative estimate of drug-likeness (QED) is 0.155. The van der Waals surface area contributed by atoms with Crippen LogP contribution in [0.4, 0.5) is 17.1 Å². The molecule has 298 valence electrons. The van der Waals surface area contributed by atoms with Gasteiger partial charge in [-0.25, -0.2) is 0 Å². The molecule has 0 spiro atoms. The molecular formula is C62H45N. The Morgan fingerprint density at radius 3 is 1.56 bits per heavy atom. The zero-order chi connectivity index (χ0) is 42.1. The Bertz CT molecular complexity index is 3300. The van der Waals surface area contributed by atoms with E-state index < -0.39 is 5.41 Å². The largest absolute Gasteiger partial charge is 0.310 e. The van der Waals surface area contributed by atoms with Crippen molar-refractivity contribution in [2.45, 2.75) is 24.7 Å². The molecule has 0 amide bonds. The summed E-state index contributed by atoms with van der Waals surface area (Å²) in [7, 11) is 0. The Balaban J connectivity index is 1.16. The molecule has 0 aliphatic heterocycles. The zero-order valence-electron chi connectivity index (χ0n) is 35.5. The fourth-order valence-corrected chi connectivity index (χ4v) is 11.0. The van der Waals surface area contributed by atoms with Crippen LogP contribution in [0.2, 0.25) is 0 Å². The molecular weight excluding hydrogens is 759 g/mol. The first-order valence-electron chi connectivity index (χ1n) is 22.1. The van der Waals surface area contributed by atoms with Crippen molar-refractivity contribution in [2.75, 3.05) is 4.90 Å². The molecule has 0 saturated heterocycles. The average molecular weight is 804 g/mol. The summed E-state index contributed by atoms with van der Waals surface area (Å²) in [6.07, 6.45) is 0. The third-order valence-corrected chi connectivity index (χ3v) is 14.0. The first kappa shape index (κ1) is 37.1. The van der Waals surface area contributed by atoms with Gasteiger partial charge in [-0.15, -0.1) is 0 Å². The smallest absolute Gasteiger partial charge is 0.0714 e. The number of hydrogen-bond donors (Lipinski definition) is 0. The van der Waals surface area contributed by atoms with Gasteiger partial charge in [0.1, 0.15) is 0 Å². The van der Waals surface area contributed by atoms with E-state index in [-0.39, 0.29) is 5.41 Å². The van der Waals surface area contributed by atoms with Crippen LogP contribution in [0, 0.1) is 0 Å². The maximum atomic E-state index is 2.53. The van der Waals surface area contributed by atoms with Crippen LogP contribution in [0.15, 0.2) is 237 Å². The highest BCUT2D eigenvalue weighted by Gasteiger charge is 2.47. The summed E-state index contributed by atoms with van der Waals surface area (Å²) in [6, 6.07) is 88.0. The van der Waals surface area contributed by atoms with Crippen molar-refractivity contribution in [3.05, 3.63) is 270 Å². The molecule has 63 heavy (non-hydrogen) atoms. The van der Waals surface area contributed by atoms with E-state index in [1.807, 2.05) is 0 Å². The Morgan fingerprint density at radius 1 is 0.317 bits per heavy atom. The monoisotopic (exact) mass is 803 g/mol. The predicted molar refractivity (Wildman–Crippen MR) is 264 cm³/mol. The Morgan fingerprint density at radius 2 is 0.841 bits per heavy atom. The van der Waals surface area contributed by atoms with Crippen LogP contribution in [0.1, 0.15) is 47.2 Å². The number of anilines is 3.